The van der Waals surface area contributed by atoms with Crippen molar-refractivity contribution in [3.8, 4) is 5.75 Å². The van der Waals surface area contributed by atoms with Crippen LogP contribution in [0.3, 0.4) is 0 Å². The Morgan fingerprint density at radius 3 is 2.79 bits per heavy atom. The monoisotopic (exact) mass is 190 g/mol. The Balaban J connectivity index is 2.53. The van der Waals surface area contributed by atoms with Gasteiger partial charge in [-0.3, -0.25) is 4.79 Å². The van der Waals surface area contributed by atoms with Crippen LogP contribution in [0.25, 0.3) is 0 Å². The van der Waals surface area contributed by atoms with Crippen molar-refractivity contribution in [3.05, 3.63) is 29.3 Å². The van der Waals surface area contributed by atoms with Crippen LogP contribution in [-0.4, -0.2) is 12.9 Å². The summed E-state index contributed by atoms with van der Waals surface area (Å²) >= 11 is 0. The fraction of sp³-hybridized carbons (Fsp3) is 0.417. The van der Waals surface area contributed by atoms with E-state index in [1.54, 1.807) is 7.11 Å². The summed E-state index contributed by atoms with van der Waals surface area (Å²) in [6.07, 6.45) is 3.76. The molecule has 0 heterocycles. The zero-order valence-corrected chi connectivity index (χ0v) is 8.38. The molecule has 0 bridgehead atoms. The maximum Gasteiger partial charge on any atom is 0.166 e. The molecule has 14 heavy (non-hydrogen) atoms. The molecule has 1 aromatic carbocycles. The molecular formula is C12H14O2. The van der Waals surface area contributed by atoms with Gasteiger partial charge in [-0.1, -0.05) is 12.1 Å². The second-order valence-corrected chi connectivity index (χ2v) is 3.62. The van der Waals surface area contributed by atoms with Gasteiger partial charge in [-0.15, -0.1) is 0 Å². The Labute approximate surface area is 83.9 Å². The second kappa shape index (κ2) is 3.82. The minimum Gasteiger partial charge on any atom is -0.496 e. The summed E-state index contributed by atoms with van der Waals surface area (Å²) in [6.45, 7) is 0. The highest BCUT2D eigenvalue weighted by Gasteiger charge is 2.19. The summed E-state index contributed by atoms with van der Waals surface area (Å²) in [5.74, 6) is 0.962. The van der Waals surface area contributed by atoms with E-state index >= 15 is 0 Å². The third-order valence-electron chi connectivity index (χ3n) is 2.71. The van der Waals surface area contributed by atoms with E-state index in [-0.39, 0.29) is 5.78 Å². The second-order valence-electron chi connectivity index (χ2n) is 3.62. The van der Waals surface area contributed by atoms with Gasteiger partial charge in [-0.05, 0) is 30.9 Å². The van der Waals surface area contributed by atoms with Gasteiger partial charge < -0.3 is 4.74 Å². The largest absolute Gasteiger partial charge is 0.496 e. The van der Waals surface area contributed by atoms with Crippen molar-refractivity contribution in [2.24, 2.45) is 0 Å². The Morgan fingerprint density at radius 1 is 1.21 bits per heavy atom. The van der Waals surface area contributed by atoms with E-state index < -0.39 is 0 Å². The molecular weight excluding hydrogens is 176 g/mol. The Bertz CT molecular complexity index is 355. The fourth-order valence-corrected chi connectivity index (χ4v) is 2.00. The highest BCUT2D eigenvalue weighted by molar-refractivity contribution is 6.00. The van der Waals surface area contributed by atoms with Crippen LogP contribution in [0, 0.1) is 0 Å². The lowest BCUT2D eigenvalue weighted by molar-refractivity contribution is 0.0979. The molecule has 2 nitrogen and oxygen atoms in total. The lowest BCUT2D eigenvalue weighted by atomic mass is 10.0. The molecule has 0 radical (unpaired) electrons. The van der Waals surface area contributed by atoms with Gasteiger partial charge in [0, 0.05) is 6.42 Å². The summed E-state index contributed by atoms with van der Waals surface area (Å²) in [7, 11) is 1.62. The van der Waals surface area contributed by atoms with Gasteiger partial charge in [0.25, 0.3) is 0 Å². The number of benzene rings is 1. The molecule has 2 rings (SSSR count). The fourth-order valence-electron chi connectivity index (χ4n) is 2.00. The van der Waals surface area contributed by atoms with E-state index in [2.05, 4.69) is 0 Å². The van der Waals surface area contributed by atoms with Crippen LogP contribution in [-0.2, 0) is 6.42 Å². The summed E-state index contributed by atoms with van der Waals surface area (Å²) in [4.78, 5) is 11.8. The van der Waals surface area contributed by atoms with Gasteiger partial charge >= 0.3 is 0 Å². The first-order valence-electron chi connectivity index (χ1n) is 5.02. The standard InChI is InChI=1S/C12H14O2/c1-14-11-8-4-6-9-5-2-3-7-10(13)12(9)11/h4,6,8H,2-3,5,7H2,1H3. The van der Waals surface area contributed by atoms with Crippen LogP contribution >= 0.6 is 0 Å². The Kier molecular flexibility index (Phi) is 2.53. The number of carbonyl (C=O) groups is 1. The molecule has 1 aliphatic carbocycles. The Morgan fingerprint density at radius 2 is 2.00 bits per heavy atom. The van der Waals surface area contributed by atoms with Crippen molar-refractivity contribution in [1.29, 1.82) is 0 Å². The van der Waals surface area contributed by atoms with Crippen LogP contribution < -0.4 is 4.74 Å². The van der Waals surface area contributed by atoms with Crippen molar-refractivity contribution in [3.63, 3.8) is 0 Å². The first kappa shape index (κ1) is 9.25. The predicted molar refractivity (Wildman–Crippen MR) is 54.9 cm³/mol. The SMILES string of the molecule is COc1cccc2c1C(=O)CCCC2. The average molecular weight is 190 g/mol. The van der Waals surface area contributed by atoms with Crippen molar-refractivity contribution in [2.45, 2.75) is 25.7 Å². The topological polar surface area (TPSA) is 26.3 Å². The molecule has 1 aliphatic rings. The smallest absolute Gasteiger partial charge is 0.166 e. The van der Waals surface area contributed by atoms with E-state index in [0.717, 1.165) is 36.1 Å². The number of rotatable bonds is 1. The van der Waals surface area contributed by atoms with Gasteiger partial charge in [0.05, 0.1) is 12.7 Å². The lowest BCUT2D eigenvalue weighted by Crippen LogP contribution is -2.03. The quantitative estimate of drug-likeness (QED) is 0.636. The van der Waals surface area contributed by atoms with E-state index in [9.17, 15) is 4.79 Å². The minimum absolute atomic E-state index is 0.231. The molecule has 74 valence electrons. The average Bonchev–Trinajstić information content (AvgIpc) is 2.40. The molecule has 0 fully saturated rings. The van der Waals surface area contributed by atoms with Crippen molar-refractivity contribution >= 4 is 5.78 Å². The maximum atomic E-state index is 11.8. The third kappa shape index (κ3) is 1.52. The number of hydrogen-bond acceptors (Lipinski definition) is 2. The zero-order valence-electron chi connectivity index (χ0n) is 8.38. The van der Waals surface area contributed by atoms with Crippen LogP contribution in [0.4, 0.5) is 0 Å². The van der Waals surface area contributed by atoms with Gasteiger partial charge in [-0.2, -0.15) is 0 Å². The van der Waals surface area contributed by atoms with Crippen molar-refractivity contribution in [1.82, 2.24) is 0 Å². The number of fused-ring (bicyclic) bond motifs is 1. The molecule has 0 aromatic heterocycles. The van der Waals surface area contributed by atoms with E-state index in [4.69, 9.17) is 4.74 Å². The van der Waals surface area contributed by atoms with E-state index in [1.807, 2.05) is 18.2 Å². The molecule has 0 unspecified atom stereocenters. The number of hydrogen-bond donors (Lipinski definition) is 0. The first-order chi connectivity index (χ1) is 6.83. The van der Waals surface area contributed by atoms with Gasteiger partial charge in [0.2, 0.25) is 0 Å². The summed E-state index contributed by atoms with van der Waals surface area (Å²) in [6, 6.07) is 5.85. The van der Waals surface area contributed by atoms with Crippen LogP contribution in [0.15, 0.2) is 18.2 Å². The molecule has 0 N–H and O–H groups in total. The van der Waals surface area contributed by atoms with Crippen molar-refractivity contribution < 1.29 is 9.53 Å². The molecule has 0 atom stereocenters. The van der Waals surface area contributed by atoms with E-state index in [0.29, 0.717) is 6.42 Å². The lowest BCUT2D eigenvalue weighted by Gasteiger charge is -2.09. The number of ketones is 1. The number of aryl methyl sites for hydroxylation is 1. The molecule has 0 saturated heterocycles. The highest BCUT2D eigenvalue weighted by atomic mass is 16.5. The van der Waals surface area contributed by atoms with Crippen LogP contribution in [0.1, 0.15) is 35.2 Å². The maximum absolute atomic E-state index is 11.8. The Hall–Kier alpha value is -1.31. The van der Waals surface area contributed by atoms with E-state index in [1.165, 1.54) is 0 Å². The number of Topliss-reactive ketones (excluding diaryl/α,β-unsaturated/α-hetero) is 1. The number of carbonyl (C=O) groups excluding carboxylic acids is 1. The normalized spacial score (nSPS) is 15.9. The van der Waals surface area contributed by atoms with Gasteiger partial charge in [0.15, 0.2) is 5.78 Å². The van der Waals surface area contributed by atoms with Crippen LogP contribution in [0.5, 0.6) is 5.75 Å². The summed E-state index contributed by atoms with van der Waals surface area (Å²) in [5.41, 5.74) is 1.96. The summed E-state index contributed by atoms with van der Waals surface area (Å²) < 4.78 is 5.22. The van der Waals surface area contributed by atoms with Gasteiger partial charge in [-0.25, -0.2) is 0 Å². The predicted octanol–water partition coefficient (Wildman–Crippen LogP) is 2.60. The molecule has 0 saturated carbocycles. The zero-order chi connectivity index (χ0) is 9.97. The molecule has 0 amide bonds. The number of ether oxygens (including phenoxy) is 1. The summed E-state index contributed by atoms with van der Waals surface area (Å²) in [5, 5.41) is 0. The number of methoxy groups -OCH3 is 1. The highest BCUT2D eigenvalue weighted by Crippen LogP contribution is 2.28. The molecule has 0 aliphatic heterocycles. The molecule has 0 spiro atoms. The van der Waals surface area contributed by atoms with Gasteiger partial charge in [0.1, 0.15) is 5.75 Å². The first-order valence-corrected chi connectivity index (χ1v) is 5.02. The molecule has 2 heteroatoms. The third-order valence-corrected chi connectivity index (χ3v) is 2.71. The minimum atomic E-state index is 0.231. The molecule has 1 aromatic rings. The van der Waals surface area contributed by atoms with Crippen molar-refractivity contribution in [2.75, 3.05) is 7.11 Å². The van der Waals surface area contributed by atoms with Crippen LogP contribution in [0.2, 0.25) is 0 Å².